The summed E-state index contributed by atoms with van der Waals surface area (Å²) < 4.78 is 0. The minimum absolute atomic E-state index is 0.120. The molecule has 0 aromatic heterocycles. The smallest absolute Gasteiger partial charge is 0.159 e. The van der Waals surface area contributed by atoms with E-state index in [0.29, 0.717) is 19.3 Å². The van der Waals surface area contributed by atoms with Gasteiger partial charge in [0.05, 0.1) is 12.1 Å². The van der Waals surface area contributed by atoms with Crippen molar-refractivity contribution in [2.24, 2.45) is 11.3 Å². The maximum Gasteiger partial charge on any atom is 0.159 e. The van der Waals surface area contributed by atoms with Crippen LogP contribution in [0.3, 0.4) is 0 Å². The number of rotatable bonds is 0. The predicted molar refractivity (Wildman–Crippen MR) is 48.7 cm³/mol. The highest BCUT2D eigenvalue weighted by Gasteiger charge is 2.52. The lowest BCUT2D eigenvalue weighted by molar-refractivity contribution is -0.114. The summed E-state index contributed by atoms with van der Waals surface area (Å²) in [6.07, 6.45) is 1.63. The van der Waals surface area contributed by atoms with E-state index in [2.05, 4.69) is 12.1 Å². The van der Waals surface area contributed by atoms with Crippen molar-refractivity contribution < 1.29 is 4.79 Å². The molecule has 2 rings (SSSR count). The van der Waals surface area contributed by atoms with Gasteiger partial charge < -0.3 is 0 Å². The Morgan fingerprint density at radius 3 is 2.64 bits per heavy atom. The van der Waals surface area contributed by atoms with Gasteiger partial charge in [-0.05, 0) is 18.9 Å². The monoisotopic (exact) mass is 186 g/mol. The molecule has 0 N–H and O–H groups in total. The summed E-state index contributed by atoms with van der Waals surface area (Å²) in [4.78, 5) is 11.5. The average Bonchev–Trinajstić information content (AvgIpc) is 2.68. The van der Waals surface area contributed by atoms with Gasteiger partial charge in [-0.1, -0.05) is 5.57 Å². The van der Waals surface area contributed by atoms with Gasteiger partial charge in [-0.2, -0.15) is 10.5 Å². The van der Waals surface area contributed by atoms with Crippen LogP contribution in [0, 0.1) is 34.0 Å². The molecule has 2 aliphatic carbocycles. The fourth-order valence-electron chi connectivity index (χ4n) is 2.67. The van der Waals surface area contributed by atoms with Crippen molar-refractivity contribution in [3.63, 3.8) is 0 Å². The van der Waals surface area contributed by atoms with Gasteiger partial charge >= 0.3 is 0 Å². The Balaban J connectivity index is 2.50. The second-order valence-corrected chi connectivity index (χ2v) is 4.08. The molecule has 3 heteroatoms. The van der Waals surface area contributed by atoms with Crippen LogP contribution in [-0.2, 0) is 4.79 Å². The lowest BCUT2D eigenvalue weighted by atomic mass is 9.78. The molecule has 0 amide bonds. The molecule has 0 bridgehead atoms. The number of nitriles is 2. The van der Waals surface area contributed by atoms with E-state index in [-0.39, 0.29) is 11.7 Å². The molecule has 2 aliphatic rings. The molecule has 1 atom stereocenters. The van der Waals surface area contributed by atoms with Gasteiger partial charge in [0.15, 0.2) is 11.2 Å². The third-order valence-corrected chi connectivity index (χ3v) is 3.31. The van der Waals surface area contributed by atoms with Gasteiger partial charge in [0, 0.05) is 18.8 Å². The van der Waals surface area contributed by atoms with Crippen molar-refractivity contribution in [2.75, 3.05) is 0 Å². The molecule has 0 aromatic rings. The van der Waals surface area contributed by atoms with Crippen LogP contribution in [0.2, 0.25) is 0 Å². The summed E-state index contributed by atoms with van der Waals surface area (Å²) in [5.74, 6) is 0.0184. The van der Waals surface area contributed by atoms with E-state index in [9.17, 15) is 4.79 Å². The van der Waals surface area contributed by atoms with Crippen LogP contribution < -0.4 is 0 Å². The molecular formula is C11H10N2O. The van der Waals surface area contributed by atoms with E-state index < -0.39 is 5.41 Å². The fraction of sp³-hybridized carbons (Fsp3) is 0.545. The third-order valence-electron chi connectivity index (χ3n) is 3.31. The number of Topliss-reactive ketones (excluding diaryl/α,β-unsaturated/α-hetero) is 1. The highest BCUT2D eigenvalue weighted by molar-refractivity contribution is 6.00. The summed E-state index contributed by atoms with van der Waals surface area (Å²) in [6.45, 7) is 1.86. The Hall–Kier alpha value is -1.61. The average molecular weight is 186 g/mol. The zero-order chi connectivity index (χ0) is 10.3. The number of hydrogen-bond acceptors (Lipinski definition) is 3. The van der Waals surface area contributed by atoms with Crippen molar-refractivity contribution in [3.05, 3.63) is 11.1 Å². The molecule has 0 unspecified atom stereocenters. The molecule has 0 aliphatic heterocycles. The Bertz CT molecular complexity index is 406. The first kappa shape index (κ1) is 8.97. The molecule has 70 valence electrons. The first-order chi connectivity index (χ1) is 6.64. The van der Waals surface area contributed by atoms with Gasteiger partial charge in [0.2, 0.25) is 0 Å². The molecule has 1 fully saturated rings. The van der Waals surface area contributed by atoms with Gasteiger partial charge in [0.25, 0.3) is 0 Å². The fourth-order valence-corrected chi connectivity index (χ4v) is 2.67. The molecule has 0 saturated heterocycles. The maximum absolute atomic E-state index is 11.5. The number of ketones is 1. The van der Waals surface area contributed by atoms with Gasteiger partial charge in [-0.15, -0.1) is 0 Å². The van der Waals surface area contributed by atoms with E-state index in [0.717, 1.165) is 11.1 Å². The first-order valence-corrected chi connectivity index (χ1v) is 4.70. The first-order valence-electron chi connectivity index (χ1n) is 4.70. The zero-order valence-corrected chi connectivity index (χ0v) is 8.00. The topological polar surface area (TPSA) is 64.7 Å². The Kier molecular flexibility index (Phi) is 1.72. The normalized spacial score (nSPS) is 28.5. The van der Waals surface area contributed by atoms with Crippen LogP contribution in [0.25, 0.3) is 0 Å². The van der Waals surface area contributed by atoms with Crippen molar-refractivity contribution >= 4 is 5.78 Å². The molecular weight excluding hydrogens is 176 g/mol. The maximum atomic E-state index is 11.5. The minimum atomic E-state index is -0.953. The SMILES string of the molecule is CC1=C2C(=O)CC[C@H]2C(C#N)(C#N)C1. The summed E-state index contributed by atoms with van der Waals surface area (Å²) >= 11 is 0. The lowest BCUT2D eigenvalue weighted by Gasteiger charge is -2.18. The van der Waals surface area contributed by atoms with Crippen LogP contribution in [-0.4, -0.2) is 5.78 Å². The molecule has 3 nitrogen and oxygen atoms in total. The Labute approximate surface area is 82.6 Å². The Morgan fingerprint density at radius 1 is 1.43 bits per heavy atom. The summed E-state index contributed by atoms with van der Waals surface area (Å²) in [7, 11) is 0. The molecule has 0 radical (unpaired) electrons. The number of nitrogens with zero attached hydrogens (tertiary/aromatic N) is 2. The van der Waals surface area contributed by atoms with Crippen molar-refractivity contribution in [1.29, 1.82) is 10.5 Å². The standard InChI is InChI=1S/C11H10N2O/c1-7-4-11(5-12,6-13)8-2-3-9(14)10(7)8/h8H,2-4H2,1H3/t8-/m1/s1. The number of carbonyl (C=O) groups excluding carboxylic acids is 1. The quantitative estimate of drug-likeness (QED) is 0.578. The number of allylic oxidation sites excluding steroid dienone is 2. The van der Waals surface area contributed by atoms with E-state index in [1.54, 1.807) is 0 Å². The summed E-state index contributed by atoms with van der Waals surface area (Å²) in [5.41, 5.74) is 0.764. The second-order valence-electron chi connectivity index (χ2n) is 4.08. The van der Waals surface area contributed by atoms with E-state index >= 15 is 0 Å². The van der Waals surface area contributed by atoms with E-state index in [1.165, 1.54) is 0 Å². The molecule has 1 saturated carbocycles. The van der Waals surface area contributed by atoms with Crippen LogP contribution in [0.1, 0.15) is 26.2 Å². The molecule has 0 aromatic carbocycles. The third kappa shape index (κ3) is 0.873. The summed E-state index contributed by atoms with van der Waals surface area (Å²) in [6, 6.07) is 4.19. The van der Waals surface area contributed by atoms with E-state index in [1.807, 2.05) is 6.92 Å². The molecule has 0 heterocycles. The lowest BCUT2D eigenvalue weighted by Crippen LogP contribution is -2.22. The van der Waals surface area contributed by atoms with Crippen molar-refractivity contribution in [2.45, 2.75) is 26.2 Å². The van der Waals surface area contributed by atoms with Crippen LogP contribution in [0.4, 0.5) is 0 Å². The number of hydrogen-bond donors (Lipinski definition) is 0. The van der Waals surface area contributed by atoms with Gasteiger partial charge in [-0.25, -0.2) is 0 Å². The van der Waals surface area contributed by atoms with Crippen molar-refractivity contribution in [3.8, 4) is 12.1 Å². The van der Waals surface area contributed by atoms with Crippen molar-refractivity contribution in [1.82, 2.24) is 0 Å². The van der Waals surface area contributed by atoms with E-state index in [4.69, 9.17) is 10.5 Å². The van der Waals surface area contributed by atoms with Crippen LogP contribution in [0.5, 0.6) is 0 Å². The number of fused-ring (bicyclic) bond motifs is 1. The largest absolute Gasteiger partial charge is 0.295 e. The highest BCUT2D eigenvalue weighted by Crippen LogP contribution is 2.52. The van der Waals surface area contributed by atoms with Gasteiger partial charge in [0.1, 0.15) is 0 Å². The summed E-state index contributed by atoms with van der Waals surface area (Å²) in [5, 5.41) is 18.1. The molecule has 0 spiro atoms. The highest BCUT2D eigenvalue weighted by atomic mass is 16.1. The predicted octanol–water partition coefficient (Wildman–Crippen LogP) is 1.72. The van der Waals surface area contributed by atoms with Crippen LogP contribution in [0.15, 0.2) is 11.1 Å². The zero-order valence-electron chi connectivity index (χ0n) is 8.00. The second kappa shape index (κ2) is 2.69. The Morgan fingerprint density at radius 2 is 2.07 bits per heavy atom. The van der Waals surface area contributed by atoms with Crippen LogP contribution >= 0.6 is 0 Å². The minimum Gasteiger partial charge on any atom is -0.295 e. The number of carbonyl (C=O) groups is 1. The molecule has 14 heavy (non-hydrogen) atoms. The van der Waals surface area contributed by atoms with Gasteiger partial charge in [-0.3, -0.25) is 4.79 Å².